The van der Waals surface area contributed by atoms with Crippen molar-refractivity contribution < 1.29 is 19.1 Å². The number of likely N-dealkylation sites (N-methyl/N-ethyl adjacent to an activating group) is 1. The molecule has 26 heavy (non-hydrogen) atoms. The van der Waals surface area contributed by atoms with Gasteiger partial charge in [0.25, 0.3) is 0 Å². The first-order valence-corrected chi connectivity index (χ1v) is 10.3. The predicted octanol–water partition coefficient (Wildman–Crippen LogP) is 1.42. The van der Waals surface area contributed by atoms with Gasteiger partial charge in [0.1, 0.15) is 12.1 Å². The lowest BCUT2D eigenvalue weighted by atomic mass is 10.0. The number of amides is 3. The Morgan fingerprint density at radius 1 is 1.08 bits per heavy atom. The van der Waals surface area contributed by atoms with E-state index in [2.05, 4.69) is 29.8 Å². The maximum absolute atomic E-state index is 12.1. The molecule has 2 unspecified atom stereocenters. The molecule has 8 heteroatoms. The van der Waals surface area contributed by atoms with E-state index < -0.39 is 12.1 Å². The van der Waals surface area contributed by atoms with Gasteiger partial charge in [0.15, 0.2) is 0 Å². The third-order valence-corrected chi connectivity index (χ3v) is 3.93. The Morgan fingerprint density at radius 2 is 1.69 bits per heavy atom. The molecule has 154 valence electrons. The van der Waals surface area contributed by atoms with Crippen molar-refractivity contribution in [2.24, 2.45) is 11.8 Å². The summed E-state index contributed by atoms with van der Waals surface area (Å²) in [7, 11) is 3.26. The number of hydrogen-bond acceptors (Lipinski definition) is 5. The third kappa shape index (κ3) is 15.0. The Bertz CT molecular complexity index is 393. The van der Waals surface area contributed by atoms with Crippen LogP contribution in [0.25, 0.3) is 0 Å². The summed E-state index contributed by atoms with van der Waals surface area (Å²) < 4.78 is 4.80. The number of ether oxygens (including phenoxy) is 1. The van der Waals surface area contributed by atoms with Crippen molar-refractivity contribution in [2.45, 2.75) is 52.6 Å². The minimum atomic E-state index is -0.598. The summed E-state index contributed by atoms with van der Waals surface area (Å²) in [6.07, 6.45) is 3.54. The van der Waals surface area contributed by atoms with Crippen molar-refractivity contribution in [3.8, 4) is 0 Å². The third-order valence-electron chi connectivity index (χ3n) is 3.28. The maximum Gasteiger partial charge on any atom is 0.243 e. The van der Waals surface area contributed by atoms with Gasteiger partial charge in [-0.05, 0) is 36.7 Å². The molecule has 0 aromatic heterocycles. The molecule has 3 N–H and O–H groups in total. The van der Waals surface area contributed by atoms with E-state index in [4.69, 9.17) is 4.74 Å². The monoisotopic (exact) mass is 391 g/mol. The first-order chi connectivity index (χ1) is 12.2. The molecule has 0 aliphatic heterocycles. The lowest BCUT2D eigenvalue weighted by Gasteiger charge is -2.22. The fourth-order valence-electron chi connectivity index (χ4n) is 2.09. The van der Waals surface area contributed by atoms with Gasteiger partial charge in [-0.3, -0.25) is 14.4 Å². The Morgan fingerprint density at radius 3 is 2.04 bits per heavy atom. The van der Waals surface area contributed by atoms with Gasteiger partial charge in [0.05, 0.1) is 0 Å². The number of methoxy groups -OCH3 is 1. The van der Waals surface area contributed by atoms with Gasteiger partial charge >= 0.3 is 0 Å². The van der Waals surface area contributed by atoms with E-state index in [-0.39, 0.29) is 17.7 Å². The van der Waals surface area contributed by atoms with Crippen LogP contribution in [-0.4, -0.2) is 63.1 Å². The van der Waals surface area contributed by atoms with Crippen LogP contribution in [0, 0.1) is 11.8 Å². The van der Waals surface area contributed by atoms with E-state index in [9.17, 15) is 14.4 Å². The average molecular weight is 392 g/mol. The minimum absolute atomic E-state index is 0.221. The molecule has 0 fully saturated rings. The smallest absolute Gasteiger partial charge is 0.243 e. The van der Waals surface area contributed by atoms with Gasteiger partial charge in [0.2, 0.25) is 18.2 Å². The van der Waals surface area contributed by atoms with Crippen molar-refractivity contribution in [1.82, 2.24) is 16.0 Å². The Hall–Kier alpha value is -1.28. The molecule has 0 aromatic carbocycles. The highest BCUT2D eigenvalue weighted by atomic mass is 32.2. The van der Waals surface area contributed by atoms with Crippen LogP contribution in [0.4, 0.5) is 0 Å². The Balaban J connectivity index is 0. The van der Waals surface area contributed by atoms with Crippen LogP contribution < -0.4 is 16.0 Å². The fraction of sp³-hybridized carbons (Fsp3) is 0.833. The molecule has 0 heterocycles. The molecular weight excluding hydrogens is 354 g/mol. The van der Waals surface area contributed by atoms with Gasteiger partial charge in [-0.15, -0.1) is 0 Å². The first kappa shape index (κ1) is 26.9. The van der Waals surface area contributed by atoms with Crippen LogP contribution >= 0.6 is 11.8 Å². The second-order valence-electron chi connectivity index (χ2n) is 6.77. The number of rotatable bonds is 12. The van der Waals surface area contributed by atoms with Crippen LogP contribution in [0.2, 0.25) is 0 Å². The van der Waals surface area contributed by atoms with Crippen LogP contribution in [0.1, 0.15) is 40.5 Å². The molecule has 0 spiro atoms. The van der Waals surface area contributed by atoms with Crippen molar-refractivity contribution in [3.63, 3.8) is 0 Å². The van der Waals surface area contributed by atoms with E-state index in [1.54, 1.807) is 18.9 Å². The highest BCUT2D eigenvalue weighted by molar-refractivity contribution is 7.98. The highest BCUT2D eigenvalue weighted by Crippen LogP contribution is 2.07. The van der Waals surface area contributed by atoms with Gasteiger partial charge in [-0.1, -0.05) is 27.7 Å². The summed E-state index contributed by atoms with van der Waals surface area (Å²) in [5, 5.41) is 7.75. The van der Waals surface area contributed by atoms with E-state index >= 15 is 0 Å². The van der Waals surface area contributed by atoms with Crippen LogP contribution in [0.15, 0.2) is 0 Å². The van der Waals surface area contributed by atoms with E-state index in [0.29, 0.717) is 25.2 Å². The lowest BCUT2D eigenvalue weighted by Crippen LogP contribution is -2.52. The molecule has 3 amide bonds. The largest absolute Gasteiger partial charge is 0.384 e. The predicted molar refractivity (Wildman–Crippen MR) is 108 cm³/mol. The second kappa shape index (κ2) is 17.1. The summed E-state index contributed by atoms with van der Waals surface area (Å²) in [5.41, 5.74) is 0. The molecule has 0 radical (unpaired) electrons. The van der Waals surface area contributed by atoms with Crippen molar-refractivity contribution >= 4 is 30.0 Å². The van der Waals surface area contributed by atoms with Crippen LogP contribution in [-0.2, 0) is 19.1 Å². The van der Waals surface area contributed by atoms with Crippen molar-refractivity contribution in [1.29, 1.82) is 0 Å². The van der Waals surface area contributed by atoms with Gasteiger partial charge in [-0.25, -0.2) is 0 Å². The van der Waals surface area contributed by atoms with E-state index in [1.807, 2.05) is 20.1 Å². The fourth-order valence-corrected chi connectivity index (χ4v) is 2.56. The molecule has 2 atom stereocenters. The molecule has 0 aliphatic carbocycles. The van der Waals surface area contributed by atoms with Gasteiger partial charge in [0, 0.05) is 20.8 Å². The van der Waals surface area contributed by atoms with Gasteiger partial charge in [-0.2, -0.15) is 11.8 Å². The molecule has 0 bridgehead atoms. The van der Waals surface area contributed by atoms with Crippen LogP contribution in [0.3, 0.4) is 0 Å². The average Bonchev–Trinajstić information content (AvgIpc) is 2.57. The van der Waals surface area contributed by atoms with Crippen molar-refractivity contribution in [3.05, 3.63) is 0 Å². The number of carbonyl (C=O) groups is 3. The zero-order valence-electron chi connectivity index (χ0n) is 17.3. The summed E-state index contributed by atoms with van der Waals surface area (Å²) in [6.45, 7) is 9.10. The quantitative estimate of drug-likeness (QED) is 0.437. The molecule has 0 saturated heterocycles. The first-order valence-electron chi connectivity index (χ1n) is 8.92. The standard InChI is InChI=1S/C13H25N3O3S.C5H12O/c1-9(2)7-11(12(18)14-3)16-13(19)10(15-8-17)5-6-20-4;1-5(2)4-6-3/h8-11H,5-7H2,1-4H3,(H,14,18)(H,15,17)(H,16,19);5H,4H2,1-3H3. The number of hydrogen-bond donors (Lipinski definition) is 3. The summed E-state index contributed by atoms with van der Waals surface area (Å²) in [4.78, 5) is 34.4. The normalized spacial score (nSPS) is 12.7. The number of thioether (sulfide) groups is 1. The van der Waals surface area contributed by atoms with Gasteiger partial charge < -0.3 is 20.7 Å². The zero-order valence-corrected chi connectivity index (χ0v) is 18.1. The summed E-state index contributed by atoms with van der Waals surface area (Å²) >= 11 is 1.60. The molecule has 0 saturated carbocycles. The molecular formula is C18H37N3O4S. The Kier molecular flexibility index (Phi) is 17.8. The van der Waals surface area contributed by atoms with E-state index in [1.165, 1.54) is 7.05 Å². The van der Waals surface area contributed by atoms with Crippen molar-refractivity contribution in [2.75, 3.05) is 32.8 Å². The summed E-state index contributed by atoms with van der Waals surface area (Å²) in [6, 6.07) is -1.17. The molecule has 0 aromatic rings. The molecule has 7 nitrogen and oxygen atoms in total. The zero-order chi connectivity index (χ0) is 20.5. The Labute approximate surface area is 162 Å². The van der Waals surface area contributed by atoms with E-state index in [0.717, 1.165) is 12.4 Å². The highest BCUT2D eigenvalue weighted by Gasteiger charge is 2.25. The summed E-state index contributed by atoms with van der Waals surface area (Å²) in [5.74, 6) is 1.17. The number of carbonyl (C=O) groups excluding carboxylic acids is 3. The topological polar surface area (TPSA) is 96.5 Å². The molecule has 0 aliphatic rings. The SMILES string of the molecule is CNC(=O)C(CC(C)C)NC(=O)C(CCSC)NC=O.COCC(C)C. The minimum Gasteiger partial charge on any atom is -0.384 e. The maximum atomic E-state index is 12.1. The van der Waals surface area contributed by atoms with Crippen LogP contribution in [0.5, 0.6) is 0 Å². The lowest BCUT2D eigenvalue weighted by molar-refractivity contribution is -0.130. The number of nitrogens with one attached hydrogen (secondary N) is 3. The second-order valence-corrected chi connectivity index (χ2v) is 7.76. The molecule has 0 rings (SSSR count).